The molecule has 0 fully saturated rings. The molecule has 0 bridgehead atoms. The summed E-state index contributed by atoms with van der Waals surface area (Å²) >= 11 is 0. The van der Waals surface area contributed by atoms with Crippen LogP contribution in [0.15, 0.2) is 60.8 Å². The predicted octanol–water partition coefficient (Wildman–Crippen LogP) is 5.26. The van der Waals surface area contributed by atoms with E-state index < -0.39 is 0 Å². The fraction of sp³-hybridized carbons (Fsp3) is 0.217. The van der Waals surface area contributed by atoms with E-state index in [4.69, 9.17) is 0 Å². The summed E-state index contributed by atoms with van der Waals surface area (Å²) in [7, 11) is 0. The quantitative estimate of drug-likeness (QED) is 0.660. The van der Waals surface area contributed by atoms with Gasteiger partial charge in [-0.25, -0.2) is 8.78 Å². The Hall–Kier alpha value is -3.28. The summed E-state index contributed by atoms with van der Waals surface area (Å²) in [6.45, 7) is 3.83. The van der Waals surface area contributed by atoms with Gasteiger partial charge in [0, 0.05) is 34.9 Å². The molecule has 29 heavy (non-hydrogen) atoms. The largest absolute Gasteiger partial charge is 0.378 e. The van der Waals surface area contributed by atoms with Crippen molar-refractivity contribution in [1.29, 1.82) is 0 Å². The number of carbonyl (C=O) groups is 1. The van der Waals surface area contributed by atoms with Crippen LogP contribution in [0, 0.1) is 18.6 Å². The summed E-state index contributed by atoms with van der Waals surface area (Å²) in [4.78, 5) is 19.1. The Morgan fingerprint density at radius 3 is 2.48 bits per heavy atom. The van der Waals surface area contributed by atoms with E-state index in [0.717, 1.165) is 11.4 Å². The molecule has 1 amide bonds. The Bertz CT molecular complexity index is 1030. The molecule has 1 aliphatic rings. The van der Waals surface area contributed by atoms with Gasteiger partial charge in [0.25, 0.3) is 5.91 Å². The van der Waals surface area contributed by atoms with Crippen molar-refractivity contribution in [1.82, 2.24) is 4.98 Å². The number of amides is 1. The molecule has 0 aliphatic carbocycles. The molecule has 2 heterocycles. The van der Waals surface area contributed by atoms with Crippen molar-refractivity contribution in [3.8, 4) is 0 Å². The molecular formula is C23H21F2N3O. The molecule has 1 aliphatic heterocycles. The molecule has 4 rings (SSSR count). The first kappa shape index (κ1) is 19.1. The standard InChI is InChI=1S/C23H21F2N3O/c1-14-3-4-16(13-26-14)23(29)28-15(2)11-21(20-12-18(25)7-10-22(20)28)27-19-8-5-17(24)6-9-19/h3-10,12-13,15,21,27H,11H2,1-2H3/t15-,21-/m1/s1. The molecule has 148 valence electrons. The average molecular weight is 393 g/mol. The number of nitrogens with one attached hydrogen (secondary N) is 1. The van der Waals surface area contributed by atoms with Crippen LogP contribution in [-0.2, 0) is 0 Å². The van der Waals surface area contributed by atoms with Crippen LogP contribution in [0.3, 0.4) is 0 Å². The molecule has 0 saturated heterocycles. The number of hydrogen-bond donors (Lipinski definition) is 1. The number of halogens is 2. The summed E-state index contributed by atoms with van der Waals surface area (Å²) < 4.78 is 27.3. The number of nitrogens with zero attached hydrogens (tertiary/aromatic N) is 2. The zero-order valence-corrected chi connectivity index (χ0v) is 16.2. The highest BCUT2D eigenvalue weighted by molar-refractivity contribution is 6.07. The van der Waals surface area contributed by atoms with Crippen molar-refractivity contribution in [2.45, 2.75) is 32.4 Å². The summed E-state index contributed by atoms with van der Waals surface area (Å²) in [6.07, 6.45) is 2.15. The third kappa shape index (κ3) is 3.83. The van der Waals surface area contributed by atoms with Gasteiger partial charge in [-0.3, -0.25) is 9.78 Å². The second-order valence-corrected chi connectivity index (χ2v) is 7.36. The van der Waals surface area contributed by atoms with Crippen molar-refractivity contribution in [3.63, 3.8) is 0 Å². The lowest BCUT2D eigenvalue weighted by Gasteiger charge is -2.40. The van der Waals surface area contributed by atoms with Crippen LogP contribution in [0.1, 0.15) is 41.0 Å². The summed E-state index contributed by atoms with van der Waals surface area (Å²) in [6, 6.07) is 13.7. The molecular weight excluding hydrogens is 372 g/mol. The maximum absolute atomic E-state index is 14.1. The highest BCUT2D eigenvalue weighted by Gasteiger charge is 2.34. The minimum Gasteiger partial charge on any atom is -0.378 e. The topological polar surface area (TPSA) is 45.2 Å². The van der Waals surface area contributed by atoms with Crippen LogP contribution in [-0.4, -0.2) is 16.9 Å². The number of rotatable bonds is 3. The van der Waals surface area contributed by atoms with E-state index in [1.807, 2.05) is 13.8 Å². The first-order valence-corrected chi connectivity index (χ1v) is 9.50. The zero-order valence-electron chi connectivity index (χ0n) is 16.2. The fourth-order valence-corrected chi connectivity index (χ4v) is 3.76. The van der Waals surface area contributed by atoms with E-state index in [1.165, 1.54) is 24.3 Å². The number of fused-ring (bicyclic) bond motifs is 1. The van der Waals surface area contributed by atoms with E-state index in [1.54, 1.807) is 41.4 Å². The number of anilines is 2. The number of aromatic nitrogens is 1. The smallest absolute Gasteiger partial charge is 0.260 e. The van der Waals surface area contributed by atoms with Gasteiger partial charge in [0.05, 0.1) is 11.6 Å². The van der Waals surface area contributed by atoms with Gasteiger partial charge in [0.1, 0.15) is 11.6 Å². The number of pyridine rings is 1. The summed E-state index contributed by atoms with van der Waals surface area (Å²) in [5.74, 6) is -0.853. The van der Waals surface area contributed by atoms with Gasteiger partial charge in [0.15, 0.2) is 0 Å². The van der Waals surface area contributed by atoms with Gasteiger partial charge in [-0.2, -0.15) is 0 Å². The maximum atomic E-state index is 14.1. The second-order valence-electron chi connectivity index (χ2n) is 7.36. The highest BCUT2D eigenvalue weighted by Crippen LogP contribution is 2.40. The van der Waals surface area contributed by atoms with Crippen LogP contribution < -0.4 is 10.2 Å². The van der Waals surface area contributed by atoms with Crippen LogP contribution >= 0.6 is 0 Å². The van der Waals surface area contributed by atoms with Gasteiger partial charge >= 0.3 is 0 Å². The van der Waals surface area contributed by atoms with E-state index in [0.29, 0.717) is 23.2 Å². The van der Waals surface area contributed by atoms with Gasteiger partial charge in [-0.05, 0) is 74.9 Å². The maximum Gasteiger partial charge on any atom is 0.260 e. The molecule has 2 aromatic carbocycles. The van der Waals surface area contributed by atoms with Crippen LogP contribution in [0.25, 0.3) is 0 Å². The van der Waals surface area contributed by atoms with E-state index >= 15 is 0 Å². The van der Waals surface area contributed by atoms with E-state index in [-0.39, 0.29) is 29.6 Å². The Morgan fingerprint density at radius 1 is 1.07 bits per heavy atom. The summed E-state index contributed by atoms with van der Waals surface area (Å²) in [5, 5.41) is 3.34. The molecule has 6 heteroatoms. The van der Waals surface area contributed by atoms with E-state index in [9.17, 15) is 13.6 Å². The molecule has 1 N–H and O–H groups in total. The molecule has 3 aromatic rings. The first-order chi connectivity index (χ1) is 13.9. The predicted molar refractivity (Wildman–Crippen MR) is 109 cm³/mol. The van der Waals surface area contributed by atoms with Crippen molar-refractivity contribution in [2.75, 3.05) is 10.2 Å². The number of aryl methyl sites for hydroxylation is 1. The zero-order chi connectivity index (χ0) is 20.5. The van der Waals surface area contributed by atoms with Crippen LogP contribution in [0.5, 0.6) is 0 Å². The Labute approximate surface area is 168 Å². The Kier molecular flexibility index (Phi) is 5.01. The lowest BCUT2D eigenvalue weighted by Crippen LogP contribution is -2.44. The Balaban J connectivity index is 1.70. The number of benzene rings is 2. The van der Waals surface area contributed by atoms with Gasteiger partial charge in [0.2, 0.25) is 0 Å². The van der Waals surface area contributed by atoms with Crippen molar-refractivity contribution < 1.29 is 13.6 Å². The van der Waals surface area contributed by atoms with Gasteiger partial charge in [-0.1, -0.05) is 0 Å². The monoisotopic (exact) mass is 393 g/mol. The molecule has 0 radical (unpaired) electrons. The molecule has 0 saturated carbocycles. The fourth-order valence-electron chi connectivity index (χ4n) is 3.76. The minimum absolute atomic E-state index is 0.125. The van der Waals surface area contributed by atoms with Crippen molar-refractivity contribution >= 4 is 17.3 Å². The third-order valence-electron chi connectivity index (χ3n) is 5.20. The molecule has 0 spiro atoms. The Morgan fingerprint density at radius 2 is 1.79 bits per heavy atom. The van der Waals surface area contributed by atoms with E-state index in [2.05, 4.69) is 10.3 Å². The summed E-state index contributed by atoms with van der Waals surface area (Å²) in [5.41, 5.74) is 3.42. The van der Waals surface area contributed by atoms with Crippen molar-refractivity contribution in [3.05, 3.63) is 89.2 Å². The van der Waals surface area contributed by atoms with Gasteiger partial charge in [-0.15, -0.1) is 0 Å². The molecule has 0 unspecified atom stereocenters. The van der Waals surface area contributed by atoms with Crippen LogP contribution in [0.2, 0.25) is 0 Å². The second kappa shape index (κ2) is 7.62. The minimum atomic E-state index is -0.367. The van der Waals surface area contributed by atoms with Crippen molar-refractivity contribution in [2.24, 2.45) is 0 Å². The SMILES string of the molecule is Cc1ccc(C(=O)N2c3ccc(F)cc3[C@H](Nc3ccc(F)cc3)C[C@H]2C)cn1. The first-order valence-electron chi connectivity index (χ1n) is 9.50. The molecule has 1 aromatic heterocycles. The lowest BCUT2D eigenvalue weighted by atomic mass is 9.90. The normalized spacial score (nSPS) is 18.3. The average Bonchev–Trinajstić information content (AvgIpc) is 2.70. The van der Waals surface area contributed by atoms with Crippen LogP contribution in [0.4, 0.5) is 20.2 Å². The lowest BCUT2D eigenvalue weighted by molar-refractivity contribution is 0.0973. The molecule has 4 nitrogen and oxygen atoms in total. The van der Waals surface area contributed by atoms with Gasteiger partial charge < -0.3 is 10.2 Å². The molecule has 2 atom stereocenters. The number of carbonyl (C=O) groups excluding carboxylic acids is 1. The highest BCUT2D eigenvalue weighted by atomic mass is 19.1. The third-order valence-corrected chi connectivity index (χ3v) is 5.20. The number of hydrogen-bond acceptors (Lipinski definition) is 3.